The predicted molar refractivity (Wildman–Crippen MR) is 135 cm³/mol. The smallest absolute Gasteiger partial charge is 0.407 e. The first kappa shape index (κ1) is 28.5. The van der Waals surface area contributed by atoms with Crippen molar-refractivity contribution in [1.82, 2.24) is 9.62 Å². The molecule has 1 amide bonds. The lowest BCUT2D eigenvalue weighted by atomic mass is 10.0. The number of alkyl carbamates (subject to hydrolysis) is 1. The number of carbonyl (C=O) groups is 1. The van der Waals surface area contributed by atoms with E-state index in [0.29, 0.717) is 19.6 Å². The molecule has 0 aromatic heterocycles. The molecule has 202 valence electrons. The molecule has 3 unspecified atom stereocenters. The van der Waals surface area contributed by atoms with Crippen LogP contribution in [0.5, 0.6) is 0 Å². The molecule has 3 atom stereocenters. The molecule has 1 heterocycles. The third kappa shape index (κ3) is 8.22. The van der Waals surface area contributed by atoms with Gasteiger partial charge in [-0.1, -0.05) is 44.2 Å². The Kier molecular flexibility index (Phi) is 9.98. The SMILES string of the molecule is CC(C)CN(CC(O)C(Cc1ccccc1)NC(=O)OC1CCOC1)S(=O)(=O)c1ccc([N+](=O)[O-])cc1. The van der Waals surface area contributed by atoms with Crippen molar-refractivity contribution in [2.24, 2.45) is 5.92 Å². The summed E-state index contributed by atoms with van der Waals surface area (Å²) in [6.45, 7) is 4.27. The van der Waals surface area contributed by atoms with Gasteiger partial charge in [-0.15, -0.1) is 0 Å². The molecule has 2 aromatic carbocycles. The summed E-state index contributed by atoms with van der Waals surface area (Å²) in [6, 6.07) is 12.9. The van der Waals surface area contributed by atoms with Crippen LogP contribution in [0.3, 0.4) is 0 Å². The number of nitrogens with one attached hydrogen (secondary N) is 1. The Morgan fingerprint density at radius 1 is 1.19 bits per heavy atom. The van der Waals surface area contributed by atoms with Crippen LogP contribution < -0.4 is 5.32 Å². The highest BCUT2D eigenvalue weighted by Gasteiger charge is 2.32. The predicted octanol–water partition coefficient (Wildman–Crippen LogP) is 2.73. The maximum atomic E-state index is 13.4. The summed E-state index contributed by atoms with van der Waals surface area (Å²) >= 11 is 0. The van der Waals surface area contributed by atoms with Crippen molar-refractivity contribution in [3.05, 3.63) is 70.3 Å². The van der Waals surface area contributed by atoms with E-state index in [9.17, 15) is 28.4 Å². The minimum absolute atomic E-state index is 0.0760. The van der Waals surface area contributed by atoms with Crippen LogP contribution in [0.2, 0.25) is 0 Å². The van der Waals surface area contributed by atoms with Crippen LogP contribution in [0.25, 0.3) is 0 Å². The first-order valence-corrected chi connectivity index (χ1v) is 13.5. The molecule has 0 spiro atoms. The van der Waals surface area contributed by atoms with Gasteiger partial charge in [-0.05, 0) is 30.0 Å². The van der Waals surface area contributed by atoms with E-state index in [-0.39, 0.29) is 42.1 Å². The topological polar surface area (TPSA) is 148 Å². The number of aliphatic hydroxyl groups is 1. The lowest BCUT2D eigenvalue weighted by Crippen LogP contribution is -2.51. The normalized spacial score (nSPS) is 17.5. The van der Waals surface area contributed by atoms with Crippen molar-refractivity contribution in [3.8, 4) is 0 Å². The first-order valence-electron chi connectivity index (χ1n) is 12.1. The van der Waals surface area contributed by atoms with Gasteiger partial charge in [0.2, 0.25) is 10.0 Å². The third-order valence-corrected chi connectivity index (χ3v) is 7.72. The highest BCUT2D eigenvalue weighted by Crippen LogP contribution is 2.22. The molecular weight excluding hydrogens is 502 g/mol. The first-order chi connectivity index (χ1) is 17.6. The molecule has 1 aliphatic rings. The Labute approximate surface area is 216 Å². The largest absolute Gasteiger partial charge is 0.444 e. The van der Waals surface area contributed by atoms with Gasteiger partial charge in [0.1, 0.15) is 6.10 Å². The number of nitro benzene ring substituents is 1. The number of hydrogen-bond donors (Lipinski definition) is 2. The minimum Gasteiger partial charge on any atom is -0.444 e. The Hall–Kier alpha value is -3.06. The highest BCUT2D eigenvalue weighted by atomic mass is 32.2. The van der Waals surface area contributed by atoms with Gasteiger partial charge in [0.15, 0.2) is 0 Å². The van der Waals surface area contributed by atoms with Crippen molar-refractivity contribution in [1.29, 1.82) is 0 Å². The zero-order valence-corrected chi connectivity index (χ0v) is 21.7. The van der Waals surface area contributed by atoms with E-state index in [1.165, 1.54) is 12.1 Å². The average Bonchev–Trinajstić information content (AvgIpc) is 3.36. The number of benzene rings is 2. The summed E-state index contributed by atoms with van der Waals surface area (Å²) in [5.74, 6) is -0.0760. The number of sulfonamides is 1. The standard InChI is InChI=1S/C25H33N3O8S/c1-18(2)15-27(37(33,34)22-10-8-20(9-11-22)28(31)32)16-24(29)23(14-19-6-4-3-5-7-19)26-25(30)36-21-12-13-35-17-21/h3-11,18,21,23-24,29H,12-17H2,1-2H3,(H,26,30). The zero-order valence-electron chi connectivity index (χ0n) is 20.9. The molecule has 37 heavy (non-hydrogen) atoms. The second-order valence-electron chi connectivity index (χ2n) is 9.37. The number of nitrogens with zero attached hydrogens (tertiary/aromatic N) is 2. The van der Waals surface area contributed by atoms with Crippen LogP contribution in [0.15, 0.2) is 59.5 Å². The van der Waals surface area contributed by atoms with Crippen LogP contribution in [0, 0.1) is 16.0 Å². The third-order valence-electron chi connectivity index (χ3n) is 5.87. The van der Waals surface area contributed by atoms with Crippen molar-refractivity contribution < 1.29 is 32.7 Å². The molecule has 11 nitrogen and oxygen atoms in total. The Balaban J connectivity index is 1.81. The van der Waals surface area contributed by atoms with Crippen molar-refractivity contribution in [2.45, 2.75) is 49.8 Å². The molecule has 1 saturated heterocycles. The lowest BCUT2D eigenvalue weighted by molar-refractivity contribution is -0.384. The van der Waals surface area contributed by atoms with E-state index in [1.807, 2.05) is 44.2 Å². The summed E-state index contributed by atoms with van der Waals surface area (Å²) in [5, 5.41) is 24.9. The molecule has 3 rings (SSSR count). The maximum absolute atomic E-state index is 13.4. The van der Waals surface area contributed by atoms with Crippen LogP contribution in [-0.4, -0.2) is 73.4 Å². The monoisotopic (exact) mass is 535 g/mol. The van der Waals surface area contributed by atoms with Gasteiger partial charge < -0.3 is 19.9 Å². The quantitative estimate of drug-likeness (QED) is 0.311. The van der Waals surface area contributed by atoms with Gasteiger partial charge in [0.25, 0.3) is 5.69 Å². The van der Waals surface area contributed by atoms with Gasteiger partial charge >= 0.3 is 6.09 Å². The highest BCUT2D eigenvalue weighted by molar-refractivity contribution is 7.89. The Morgan fingerprint density at radius 3 is 2.43 bits per heavy atom. The van der Waals surface area contributed by atoms with Gasteiger partial charge in [0, 0.05) is 31.6 Å². The molecule has 0 radical (unpaired) electrons. The van der Waals surface area contributed by atoms with E-state index in [4.69, 9.17) is 9.47 Å². The number of rotatable bonds is 12. The van der Waals surface area contributed by atoms with Crippen molar-refractivity contribution >= 4 is 21.8 Å². The summed E-state index contributed by atoms with van der Waals surface area (Å²) in [7, 11) is -4.10. The number of nitro groups is 1. The second-order valence-corrected chi connectivity index (χ2v) is 11.3. The number of amides is 1. The fourth-order valence-electron chi connectivity index (χ4n) is 4.00. The van der Waals surface area contributed by atoms with Crippen LogP contribution >= 0.6 is 0 Å². The van der Waals surface area contributed by atoms with Gasteiger partial charge in [0.05, 0.1) is 35.2 Å². The van der Waals surface area contributed by atoms with E-state index in [0.717, 1.165) is 22.0 Å². The molecular formula is C25H33N3O8S. The maximum Gasteiger partial charge on any atom is 0.407 e. The van der Waals surface area contributed by atoms with E-state index in [2.05, 4.69) is 5.32 Å². The molecule has 2 N–H and O–H groups in total. The average molecular weight is 536 g/mol. The van der Waals surface area contributed by atoms with Crippen molar-refractivity contribution in [3.63, 3.8) is 0 Å². The van der Waals surface area contributed by atoms with Crippen LogP contribution in [-0.2, 0) is 25.9 Å². The number of ether oxygens (including phenoxy) is 2. The minimum atomic E-state index is -4.10. The molecule has 12 heteroatoms. The molecule has 2 aromatic rings. The molecule has 0 bridgehead atoms. The van der Waals surface area contributed by atoms with E-state index in [1.54, 1.807) is 0 Å². The van der Waals surface area contributed by atoms with Gasteiger partial charge in [-0.2, -0.15) is 4.31 Å². The lowest BCUT2D eigenvalue weighted by Gasteiger charge is -2.30. The second kappa shape index (κ2) is 13.0. The number of carbonyl (C=O) groups excluding carboxylic acids is 1. The number of non-ortho nitro benzene ring substituents is 1. The van der Waals surface area contributed by atoms with E-state index >= 15 is 0 Å². The molecule has 0 aliphatic carbocycles. The van der Waals surface area contributed by atoms with Crippen molar-refractivity contribution in [2.75, 3.05) is 26.3 Å². The summed E-state index contributed by atoms with van der Waals surface area (Å²) < 4.78 is 38.6. The fourth-order valence-corrected chi connectivity index (χ4v) is 5.62. The molecule has 0 saturated carbocycles. The van der Waals surface area contributed by atoms with Gasteiger partial charge in [-0.25, -0.2) is 13.2 Å². The Morgan fingerprint density at radius 2 is 1.86 bits per heavy atom. The summed E-state index contributed by atoms with van der Waals surface area (Å²) in [4.78, 5) is 22.8. The number of aliphatic hydroxyl groups excluding tert-OH is 1. The molecule has 1 fully saturated rings. The van der Waals surface area contributed by atoms with Gasteiger partial charge in [-0.3, -0.25) is 10.1 Å². The summed E-state index contributed by atoms with van der Waals surface area (Å²) in [6.07, 6.45) is -1.56. The number of hydrogen-bond acceptors (Lipinski definition) is 8. The fraction of sp³-hybridized carbons (Fsp3) is 0.480. The zero-order chi connectivity index (χ0) is 27.0. The summed E-state index contributed by atoms with van der Waals surface area (Å²) in [5.41, 5.74) is 0.609. The van der Waals surface area contributed by atoms with Crippen LogP contribution in [0.1, 0.15) is 25.8 Å². The van der Waals surface area contributed by atoms with E-state index < -0.39 is 33.2 Å². The molecule has 1 aliphatic heterocycles. The Bertz CT molecular complexity index is 1140. The van der Waals surface area contributed by atoms with Crippen LogP contribution in [0.4, 0.5) is 10.5 Å².